The van der Waals surface area contributed by atoms with Crippen LogP contribution in [0.1, 0.15) is 91.2 Å². The Hall–Kier alpha value is -5.10. The fourth-order valence-corrected chi connectivity index (χ4v) is 7.73. The van der Waals surface area contributed by atoms with Crippen LogP contribution >= 0.6 is 0 Å². The summed E-state index contributed by atoms with van der Waals surface area (Å²) >= 11 is 0. The predicted octanol–water partition coefficient (Wildman–Crippen LogP) is -0.338. The Kier molecular flexibility index (Phi) is 23.0. The number of nitrogens with one attached hydrogen (secondary N) is 2. The van der Waals surface area contributed by atoms with Gasteiger partial charge in [-0.15, -0.1) is 20.4 Å². The minimum absolute atomic E-state index is 0. The van der Waals surface area contributed by atoms with Gasteiger partial charge in [0.15, 0.2) is 0 Å². The molecule has 2 atom stereocenters. The van der Waals surface area contributed by atoms with E-state index >= 15 is 0 Å². The SMILES string of the molecule is CCCCC(=O)N(Cc1ccccc1-c1ccccc1-c1nn[nH]n1)[C@H](C(=O)[O-])C(C)C.CCCCC(=O)N(Cc1ccccc1-c1ccccc1-c1nn[nH]n1)[C@H](C(=O)[O-])C(C)C.[Na+].[Na+]. The minimum Gasteiger partial charge on any atom is -0.548 e. The molecule has 0 saturated heterocycles. The minimum atomic E-state index is -1.24. The Morgan fingerprint density at radius 3 is 1.12 bits per heavy atom. The Morgan fingerprint density at radius 1 is 0.515 bits per heavy atom. The molecule has 2 N–H and O–H groups in total. The number of hydrogen-bond acceptors (Lipinski definition) is 12. The molecule has 0 aliphatic carbocycles. The van der Waals surface area contributed by atoms with E-state index < -0.39 is 24.0 Å². The second-order valence-electron chi connectivity index (χ2n) is 16.1. The van der Waals surface area contributed by atoms with E-state index in [0.717, 1.165) is 57.3 Å². The van der Waals surface area contributed by atoms with Gasteiger partial charge in [0, 0.05) is 37.1 Å². The van der Waals surface area contributed by atoms with Crippen molar-refractivity contribution in [3.63, 3.8) is 0 Å². The number of aliphatic carboxylic acids is 2. The molecule has 2 aromatic heterocycles. The van der Waals surface area contributed by atoms with Gasteiger partial charge in [-0.25, -0.2) is 0 Å². The number of nitrogens with zero attached hydrogens (tertiary/aromatic N) is 8. The molecule has 4 aromatic carbocycles. The molecule has 0 unspecified atom stereocenters. The number of carboxylic acids is 2. The molecule has 0 saturated carbocycles. The first-order valence-electron chi connectivity index (χ1n) is 21.7. The van der Waals surface area contributed by atoms with E-state index in [0.29, 0.717) is 37.3 Å². The van der Waals surface area contributed by atoms with Crippen LogP contribution in [-0.4, -0.2) is 86.9 Å². The van der Waals surface area contributed by atoms with Gasteiger partial charge in [0.25, 0.3) is 0 Å². The van der Waals surface area contributed by atoms with Gasteiger partial charge in [-0.05, 0) is 68.5 Å². The molecule has 2 amide bonds. The monoisotopic (exact) mass is 914 g/mol. The fourth-order valence-electron chi connectivity index (χ4n) is 7.73. The van der Waals surface area contributed by atoms with E-state index in [1.165, 1.54) is 9.80 Å². The quantitative estimate of drug-likeness (QED) is 0.0939. The van der Waals surface area contributed by atoms with Gasteiger partial charge in [-0.3, -0.25) is 9.59 Å². The van der Waals surface area contributed by atoms with Gasteiger partial charge in [0.05, 0.1) is 24.0 Å². The van der Waals surface area contributed by atoms with E-state index in [4.69, 9.17) is 0 Å². The molecule has 6 aromatic rings. The van der Waals surface area contributed by atoms with Gasteiger partial charge < -0.3 is 29.6 Å². The maximum atomic E-state index is 13.1. The van der Waals surface area contributed by atoms with Crippen LogP contribution in [0.3, 0.4) is 0 Å². The Balaban J connectivity index is 0.000000340. The van der Waals surface area contributed by atoms with Crippen molar-refractivity contribution in [2.75, 3.05) is 0 Å². The second-order valence-corrected chi connectivity index (χ2v) is 16.1. The molecule has 16 nitrogen and oxygen atoms in total. The summed E-state index contributed by atoms with van der Waals surface area (Å²) in [6, 6.07) is 28.6. The van der Waals surface area contributed by atoms with Crippen molar-refractivity contribution in [2.45, 2.75) is 105 Å². The molecule has 66 heavy (non-hydrogen) atoms. The number of benzene rings is 4. The molecular formula is C48H56N10Na2O6. The van der Waals surface area contributed by atoms with Crippen molar-refractivity contribution < 1.29 is 88.5 Å². The maximum absolute atomic E-state index is 13.1. The zero-order valence-corrected chi connectivity index (χ0v) is 43.2. The average Bonchev–Trinajstić information content (AvgIpc) is 4.04. The zero-order chi connectivity index (χ0) is 46.2. The van der Waals surface area contributed by atoms with Crippen molar-refractivity contribution in [3.8, 4) is 45.0 Å². The second kappa shape index (κ2) is 27.5. The third-order valence-electron chi connectivity index (χ3n) is 10.9. The molecule has 0 spiro atoms. The van der Waals surface area contributed by atoms with Gasteiger partial charge in [0.2, 0.25) is 23.5 Å². The number of H-pyrrole nitrogens is 2. The van der Waals surface area contributed by atoms with Crippen LogP contribution in [0.15, 0.2) is 97.1 Å². The Labute approximate surface area is 430 Å². The summed E-state index contributed by atoms with van der Waals surface area (Å²) in [6.45, 7) is 11.5. The van der Waals surface area contributed by atoms with Crippen LogP contribution < -0.4 is 69.3 Å². The number of carbonyl (C=O) groups is 4. The molecule has 18 heteroatoms. The summed E-state index contributed by atoms with van der Waals surface area (Å²) in [5.41, 5.74) is 6.75. The number of carbonyl (C=O) groups excluding carboxylic acids is 4. The van der Waals surface area contributed by atoms with Crippen LogP contribution in [0.25, 0.3) is 45.0 Å². The molecule has 0 fully saturated rings. The Morgan fingerprint density at radius 2 is 0.833 bits per heavy atom. The Bertz CT molecular complexity index is 2280. The molecule has 336 valence electrons. The van der Waals surface area contributed by atoms with Crippen molar-refractivity contribution in [2.24, 2.45) is 11.8 Å². The first kappa shape index (κ1) is 55.2. The van der Waals surface area contributed by atoms with Crippen molar-refractivity contribution in [1.82, 2.24) is 51.0 Å². The summed E-state index contributed by atoms with van der Waals surface area (Å²) < 4.78 is 0. The third-order valence-corrected chi connectivity index (χ3v) is 10.9. The topological polar surface area (TPSA) is 230 Å². The smallest absolute Gasteiger partial charge is 0.548 e. The zero-order valence-electron chi connectivity index (χ0n) is 39.2. The van der Waals surface area contributed by atoms with Crippen molar-refractivity contribution in [1.29, 1.82) is 0 Å². The number of tetrazole rings is 2. The van der Waals surface area contributed by atoms with Crippen LogP contribution in [0.2, 0.25) is 0 Å². The molecule has 0 aliphatic heterocycles. The van der Waals surface area contributed by atoms with Crippen LogP contribution in [0.4, 0.5) is 0 Å². The molecule has 2 heterocycles. The van der Waals surface area contributed by atoms with Crippen LogP contribution in [0.5, 0.6) is 0 Å². The molecular weight excluding hydrogens is 859 g/mol. The average molecular weight is 915 g/mol. The normalized spacial score (nSPS) is 11.6. The molecule has 6 rings (SSSR count). The number of aromatic nitrogens is 8. The van der Waals surface area contributed by atoms with E-state index in [2.05, 4.69) is 41.2 Å². The number of amides is 2. The summed E-state index contributed by atoms with van der Waals surface area (Å²) in [7, 11) is 0. The van der Waals surface area contributed by atoms with Gasteiger partial charge in [-0.1, -0.05) is 151 Å². The largest absolute Gasteiger partial charge is 1.00 e. The third kappa shape index (κ3) is 14.4. The van der Waals surface area contributed by atoms with Crippen molar-refractivity contribution in [3.05, 3.63) is 108 Å². The van der Waals surface area contributed by atoms with E-state index in [-0.39, 0.29) is 95.9 Å². The van der Waals surface area contributed by atoms with Gasteiger partial charge >= 0.3 is 59.1 Å². The number of aromatic amines is 2. The molecule has 0 aliphatic rings. The summed E-state index contributed by atoms with van der Waals surface area (Å²) in [6.07, 6.45) is 3.71. The first-order chi connectivity index (χ1) is 30.9. The fraction of sp³-hybridized carbons (Fsp3) is 0.375. The predicted molar refractivity (Wildman–Crippen MR) is 238 cm³/mol. The van der Waals surface area contributed by atoms with Crippen LogP contribution in [0, 0.1) is 11.8 Å². The molecule has 0 radical (unpaired) electrons. The van der Waals surface area contributed by atoms with E-state index in [1.54, 1.807) is 27.7 Å². The van der Waals surface area contributed by atoms with E-state index in [9.17, 15) is 29.4 Å². The van der Waals surface area contributed by atoms with Crippen LogP contribution in [-0.2, 0) is 32.3 Å². The maximum Gasteiger partial charge on any atom is 1.00 e. The number of hydrogen-bond donors (Lipinski definition) is 2. The standard InChI is InChI=1S/2C24H29N5O3.2Na/c2*1-4-5-14-21(30)29(22(16(2)3)24(31)32)15-17-10-6-7-11-18(17)19-12-8-9-13-20(19)23-25-27-28-26-23;;/h2*6-13,16,22H,4-5,14-15H2,1-3H3,(H,31,32)(H,25,26,27,28);;/q;;2*+1/p-2/t2*22-;;/m00../s1. The molecule has 0 bridgehead atoms. The summed E-state index contributed by atoms with van der Waals surface area (Å²) in [5, 5.41) is 52.6. The van der Waals surface area contributed by atoms with Gasteiger partial charge in [-0.2, -0.15) is 10.4 Å². The van der Waals surface area contributed by atoms with Crippen molar-refractivity contribution >= 4 is 23.8 Å². The summed E-state index contributed by atoms with van der Waals surface area (Å²) in [5.74, 6) is -2.51. The number of carboxylic acid groups (broad SMARTS) is 2. The number of unbranched alkanes of at least 4 members (excludes halogenated alkanes) is 2. The first-order valence-corrected chi connectivity index (χ1v) is 21.7. The number of rotatable bonds is 20. The summed E-state index contributed by atoms with van der Waals surface area (Å²) in [4.78, 5) is 53.0. The van der Waals surface area contributed by atoms with E-state index in [1.807, 2.05) is 111 Å². The van der Waals surface area contributed by atoms with Gasteiger partial charge in [0.1, 0.15) is 0 Å².